The Bertz CT molecular complexity index is 86.2. The summed E-state index contributed by atoms with van der Waals surface area (Å²) in [7, 11) is 0. The van der Waals surface area contributed by atoms with E-state index in [4.69, 9.17) is 4.74 Å². The van der Waals surface area contributed by atoms with Crippen molar-refractivity contribution in [1.29, 1.82) is 0 Å². The van der Waals surface area contributed by atoms with Crippen molar-refractivity contribution in [3.05, 3.63) is 0 Å². The maximum atomic E-state index is 9.68. The van der Waals surface area contributed by atoms with Gasteiger partial charge in [0.15, 0.2) is 0 Å². The lowest BCUT2D eigenvalue weighted by atomic mass is 10.2. The van der Waals surface area contributed by atoms with E-state index in [0.29, 0.717) is 0 Å². The van der Waals surface area contributed by atoms with Gasteiger partial charge in [-0.3, -0.25) is 4.79 Å². The average molecular weight is 158 g/mol. The monoisotopic (exact) mass is 158 g/mol. The van der Waals surface area contributed by atoms with Crippen molar-refractivity contribution in [1.82, 2.24) is 5.32 Å². The zero-order valence-electron chi connectivity index (χ0n) is 7.06. The molecular formula is C8H16NO2. The van der Waals surface area contributed by atoms with E-state index in [1.54, 1.807) is 6.41 Å². The van der Waals surface area contributed by atoms with E-state index in [-0.39, 0.29) is 0 Å². The first-order valence-corrected chi connectivity index (χ1v) is 4.09. The molecule has 0 heterocycles. The fourth-order valence-electron chi connectivity index (χ4n) is 0.790. The van der Waals surface area contributed by atoms with Gasteiger partial charge >= 0.3 is 6.41 Å². The van der Waals surface area contributed by atoms with Crippen molar-refractivity contribution in [3.8, 4) is 0 Å². The Morgan fingerprint density at radius 2 is 2.18 bits per heavy atom. The quantitative estimate of drug-likeness (QED) is 0.420. The highest BCUT2D eigenvalue weighted by Crippen LogP contribution is 1.93. The van der Waals surface area contributed by atoms with Crippen molar-refractivity contribution in [3.63, 3.8) is 0 Å². The molecule has 0 saturated carbocycles. The fraction of sp³-hybridized carbons (Fsp3) is 0.875. The van der Waals surface area contributed by atoms with Crippen molar-refractivity contribution >= 4 is 6.41 Å². The Balaban J connectivity index is 2.74. The summed E-state index contributed by atoms with van der Waals surface area (Å²) in [6, 6.07) is 0. The molecule has 65 valence electrons. The Morgan fingerprint density at radius 1 is 1.36 bits per heavy atom. The minimum atomic E-state index is 0.732. The molecule has 1 N–H and O–H groups in total. The van der Waals surface area contributed by atoms with E-state index in [0.717, 1.165) is 39.0 Å². The summed E-state index contributed by atoms with van der Waals surface area (Å²) in [4.78, 5) is 9.68. The topological polar surface area (TPSA) is 38.3 Å². The largest absolute Gasteiger partial charge is 0.382 e. The number of unbranched alkanes of at least 4 members (excludes halogenated alkanes) is 2. The summed E-state index contributed by atoms with van der Waals surface area (Å²) >= 11 is 0. The molecule has 0 aromatic rings. The van der Waals surface area contributed by atoms with E-state index >= 15 is 0 Å². The molecule has 0 atom stereocenters. The second kappa shape index (κ2) is 9.43. The average Bonchev–Trinajstić information content (AvgIpc) is 2.03. The number of hydrogen-bond donors (Lipinski definition) is 1. The smallest absolute Gasteiger partial charge is 0.309 e. The minimum Gasteiger partial charge on any atom is -0.382 e. The van der Waals surface area contributed by atoms with Gasteiger partial charge in [-0.1, -0.05) is 0 Å². The Morgan fingerprint density at radius 3 is 2.82 bits per heavy atom. The zero-order chi connectivity index (χ0) is 8.36. The van der Waals surface area contributed by atoms with E-state index in [2.05, 4.69) is 5.32 Å². The van der Waals surface area contributed by atoms with E-state index in [1.165, 1.54) is 0 Å². The van der Waals surface area contributed by atoms with Gasteiger partial charge in [-0.15, -0.1) is 0 Å². The molecule has 0 fully saturated rings. The lowest BCUT2D eigenvalue weighted by molar-refractivity contribution is 0.143. The van der Waals surface area contributed by atoms with Crippen LogP contribution in [0, 0.1) is 0 Å². The van der Waals surface area contributed by atoms with Gasteiger partial charge in [0.05, 0.1) is 0 Å². The van der Waals surface area contributed by atoms with Gasteiger partial charge in [-0.2, -0.15) is 0 Å². The maximum Gasteiger partial charge on any atom is 0.309 e. The number of ether oxygens (including phenoxy) is 1. The highest BCUT2D eigenvalue weighted by Gasteiger charge is 1.88. The molecule has 0 aliphatic carbocycles. The standard InChI is InChI=1S/C8H16NO2/c1-2-11-7-5-3-4-6-9-8-10/h2-7H2,1H3,(H,9,10). The molecule has 0 bridgehead atoms. The summed E-state index contributed by atoms with van der Waals surface area (Å²) in [5.41, 5.74) is 0. The molecular weight excluding hydrogens is 142 g/mol. The van der Waals surface area contributed by atoms with Crippen LogP contribution in [0.5, 0.6) is 0 Å². The molecule has 0 unspecified atom stereocenters. The molecule has 1 radical (unpaired) electrons. The van der Waals surface area contributed by atoms with E-state index in [9.17, 15) is 4.79 Å². The van der Waals surface area contributed by atoms with Gasteiger partial charge in [0.2, 0.25) is 0 Å². The molecule has 0 aromatic carbocycles. The summed E-state index contributed by atoms with van der Waals surface area (Å²) in [6.45, 7) is 4.35. The SMILES string of the molecule is CCOCCCCCN[C]=O. The molecule has 0 spiro atoms. The highest BCUT2D eigenvalue weighted by molar-refractivity contribution is 5.46. The highest BCUT2D eigenvalue weighted by atomic mass is 16.5. The van der Waals surface area contributed by atoms with Crippen LogP contribution in [-0.4, -0.2) is 26.2 Å². The molecule has 0 aromatic heterocycles. The number of nitrogens with one attached hydrogen (secondary N) is 1. The number of rotatable bonds is 8. The Labute approximate surface area is 68.1 Å². The molecule has 3 nitrogen and oxygen atoms in total. The van der Waals surface area contributed by atoms with Gasteiger partial charge in [0.25, 0.3) is 0 Å². The van der Waals surface area contributed by atoms with Gasteiger partial charge in [0, 0.05) is 19.8 Å². The van der Waals surface area contributed by atoms with Gasteiger partial charge in [-0.25, -0.2) is 0 Å². The third-order valence-corrected chi connectivity index (χ3v) is 1.37. The van der Waals surface area contributed by atoms with E-state index in [1.807, 2.05) is 6.92 Å². The Hall–Kier alpha value is -0.570. The molecule has 3 heteroatoms. The molecule has 0 aliphatic heterocycles. The normalized spacial score (nSPS) is 9.55. The third kappa shape index (κ3) is 9.43. The Kier molecular flexibility index (Phi) is 8.94. The van der Waals surface area contributed by atoms with Gasteiger partial charge in [0.1, 0.15) is 0 Å². The summed E-state index contributed by atoms with van der Waals surface area (Å²) in [5, 5.41) is 2.49. The zero-order valence-corrected chi connectivity index (χ0v) is 7.06. The first-order chi connectivity index (χ1) is 5.41. The first-order valence-electron chi connectivity index (χ1n) is 4.09. The van der Waals surface area contributed by atoms with Crippen LogP contribution in [0.1, 0.15) is 26.2 Å². The number of hydrogen-bond acceptors (Lipinski definition) is 2. The van der Waals surface area contributed by atoms with Crippen molar-refractivity contribution < 1.29 is 9.53 Å². The van der Waals surface area contributed by atoms with Crippen LogP contribution < -0.4 is 5.32 Å². The third-order valence-electron chi connectivity index (χ3n) is 1.37. The summed E-state index contributed by atoms with van der Waals surface area (Å²) in [5.74, 6) is 0. The van der Waals surface area contributed by atoms with Crippen molar-refractivity contribution in [2.75, 3.05) is 19.8 Å². The van der Waals surface area contributed by atoms with Crippen LogP contribution in [0.3, 0.4) is 0 Å². The lowest BCUT2D eigenvalue weighted by Gasteiger charge is -2.00. The number of carbonyl (C=O) groups excluding carboxylic acids is 1. The number of amides is 1. The summed E-state index contributed by atoms with van der Waals surface area (Å²) in [6.07, 6.45) is 4.84. The van der Waals surface area contributed by atoms with Crippen LogP contribution in [0.2, 0.25) is 0 Å². The van der Waals surface area contributed by atoms with Crippen LogP contribution in [0.25, 0.3) is 0 Å². The molecule has 0 saturated heterocycles. The van der Waals surface area contributed by atoms with E-state index < -0.39 is 0 Å². The maximum absolute atomic E-state index is 9.68. The lowest BCUT2D eigenvalue weighted by Crippen LogP contribution is -2.11. The second-order valence-electron chi connectivity index (χ2n) is 2.29. The van der Waals surface area contributed by atoms with Gasteiger partial charge in [-0.05, 0) is 26.2 Å². The van der Waals surface area contributed by atoms with Crippen LogP contribution in [0.15, 0.2) is 0 Å². The predicted molar refractivity (Wildman–Crippen MR) is 44.0 cm³/mol. The second-order valence-corrected chi connectivity index (χ2v) is 2.29. The molecule has 0 rings (SSSR count). The summed E-state index contributed by atoms with van der Waals surface area (Å²) < 4.78 is 5.14. The minimum absolute atomic E-state index is 0.732. The van der Waals surface area contributed by atoms with Crippen LogP contribution in [0.4, 0.5) is 0 Å². The fourth-order valence-corrected chi connectivity index (χ4v) is 0.790. The van der Waals surface area contributed by atoms with Crippen LogP contribution >= 0.6 is 0 Å². The predicted octanol–water partition coefficient (Wildman–Crippen LogP) is 0.850. The van der Waals surface area contributed by atoms with Gasteiger partial charge < -0.3 is 10.1 Å². The molecule has 11 heavy (non-hydrogen) atoms. The van der Waals surface area contributed by atoms with Crippen LogP contribution in [-0.2, 0) is 9.53 Å². The van der Waals surface area contributed by atoms with Crippen molar-refractivity contribution in [2.45, 2.75) is 26.2 Å². The van der Waals surface area contributed by atoms with Crippen molar-refractivity contribution in [2.24, 2.45) is 0 Å². The first kappa shape index (κ1) is 10.4. The molecule has 1 amide bonds. The molecule has 0 aliphatic rings.